The highest BCUT2D eigenvalue weighted by molar-refractivity contribution is 6.36. The molecule has 0 saturated carbocycles. The summed E-state index contributed by atoms with van der Waals surface area (Å²) in [5.41, 5.74) is 3.83. The number of nitrogens with zero attached hydrogens (tertiary/aromatic N) is 1. The van der Waals surface area contributed by atoms with Crippen LogP contribution in [0.1, 0.15) is 11.1 Å². The predicted molar refractivity (Wildman–Crippen MR) is 74.0 cm³/mol. The Labute approximate surface area is 115 Å². The van der Waals surface area contributed by atoms with Crippen LogP contribution < -0.4 is 0 Å². The van der Waals surface area contributed by atoms with Gasteiger partial charge in [0.1, 0.15) is 0 Å². The molecule has 2 aromatic rings. The van der Waals surface area contributed by atoms with Crippen LogP contribution in [0, 0.1) is 6.92 Å². The zero-order valence-corrected chi connectivity index (χ0v) is 11.4. The third kappa shape index (κ3) is 2.57. The van der Waals surface area contributed by atoms with Crippen LogP contribution in [0.3, 0.4) is 0 Å². The van der Waals surface area contributed by atoms with Crippen molar-refractivity contribution in [2.24, 2.45) is 0 Å². The first-order chi connectivity index (χ1) is 8.13. The zero-order valence-electron chi connectivity index (χ0n) is 9.17. The van der Waals surface area contributed by atoms with E-state index in [1.807, 2.05) is 19.1 Å². The lowest BCUT2D eigenvalue weighted by Crippen LogP contribution is -1.93. The zero-order chi connectivity index (χ0) is 12.4. The lowest BCUT2D eigenvalue weighted by molar-refractivity contribution is 1.20. The molecule has 0 aliphatic heterocycles. The summed E-state index contributed by atoms with van der Waals surface area (Å²) in [5, 5.41) is 1.21. The molecule has 0 atom stereocenters. The van der Waals surface area contributed by atoms with Gasteiger partial charge in [0.15, 0.2) is 0 Å². The molecule has 0 unspecified atom stereocenters. The summed E-state index contributed by atoms with van der Waals surface area (Å²) < 4.78 is 0. The van der Waals surface area contributed by atoms with Crippen LogP contribution in [0.15, 0.2) is 30.5 Å². The molecule has 0 fully saturated rings. The molecule has 0 N–H and O–H groups in total. The smallest absolute Gasteiger partial charge is 0.0749 e. The summed E-state index contributed by atoms with van der Waals surface area (Å²) in [6.45, 7) is 1.99. The third-order valence-corrected chi connectivity index (χ3v) is 3.48. The van der Waals surface area contributed by atoms with Crippen molar-refractivity contribution in [3.05, 3.63) is 51.6 Å². The van der Waals surface area contributed by atoms with Gasteiger partial charge in [-0.2, -0.15) is 0 Å². The van der Waals surface area contributed by atoms with Crippen LogP contribution in [0.25, 0.3) is 11.3 Å². The number of hydrogen-bond donors (Lipinski definition) is 0. The fourth-order valence-corrected chi connectivity index (χ4v) is 2.46. The Morgan fingerprint density at radius 1 is 1.18 bits per heavy atom. The highest BCUT2D eigenvalue weighted by Crippen LogP contribution is 2.32. The monoisotopic (exact) mass is 285 g/mol. The normalized spacial score (nSPS) is 10.6. The van der Waals surface area contributed by atoms with Crippen LogP contribution in [0.4, 0.5) is 0 Å². The van der Waals surface area contributed by atoms with Crippen LogP contribution in [0.5, 0.6) is 0 Å². The van der Waals surface area contributed by atoms with E-state index < -0.39 is 0 Å². The van der Waals surface area contributed by atoms with Gasteiger partial charge >= 0.3 is 0 Å². The van der Waals surface area contributed by atoms with Crippen molar-refractivity contribution >= 4 is 34.8 Å². The second-order valence-corrected chi connectivity index (χ2v) is 4.81. The van der Waals surface area contributed by atoms with Gasteiger partial charge in [-0.1, -0.05) is 23.2 Å². The number of benzene rings is 1. The second-order valence-electron chi connectivity index (χ2n) is 3.70. The average molecular weight is 287 g/mol. The molecule has 1 aromatic carbocycles. The van der Waals surface area contributed by atoms with E-state index in [9.17, 15) is 0 Å². The lowest BCUT2D eigenvalue weighted by atomic mass is 10.0. The predicted octanol–water partition coefficient (Wildman–Crippen LogP) is 5.10. The van der Waals surface area contributed by atoms with Gasteiger partial charge in [-0.15, -0.1) is 11.6 Å². The molecule has 0 aliphatic carbocycles. The number of rotatable bonds is 2. The van der Waals surface area contributed by atoms with E-state index in [2.05, 4.69) is 4.98 Å². The third-order valence-electron chi connectivity index (χ3n) is 2.65. The largest absolute Gasteiger partial charge is 0.256 e. The fourth-order valence-electron chi connectivity index (χ4n) is 1.67. The molecule has 0 spiro atoms. The standard InChI is InChI=1S/C13H10Cl3N/c1-8-9(7-14)4-5-17-13(8)11-3-2-10(15)6-12(11)16/h2-6H,7H2,1H3. The molecule has 0 saturated heterocycles. The van der Waals surface area contributed by atoms with E-state index >= 15 is 0 Å². The van der Waals surface area contributed by atoms with Gasteiger partial charge in [-0.05, 0) is 42.3 Å². The first kappa shape index (κ1) is 12.7. The van der Waals surface area contributed by atoms with Gasteiger partial charge in [0.25, 0.3) is 0 Å². The number of pyridine rings is 1. The first-order valence-corrected chi connectivity index (χ1v) is 6.38. The topological polar surface area (TPSA) is 12.9 Å². The molecule has 88 valence electrons. The van der Waals surface area contributed by atoms with Crippen molar-refractivity contribution in [3.63, 3.8) is 0 Å². The van der Waals surface area contributed by atoms with E-state index in [0.717, 1.165) is 22.4 Å². The minimum Gasteiger partial charge on any atom is -0.256 e. The van der Waals surface area contributed by atoms with Crippen molar-refractivity contribution in [1.82, 2.24) is 4.98 Å². The van der Waals surface area contributed by atoms with Gasteiger partial charge in [0.2, 0.25) is 0 Å². The van der Waals surface area contributed by atoms with Gasteiger partial charge < -0.3 is 0 Å². The summed E-state index contributed by atoms with van der Waals surface area (Å²) in [4.78, 5) is 4.36. The number of alkyl halides is 1. The molecule has 0 bridgehead atoms. The van der Waals surface area contributed by atoms with Crippen LogP contribution >= 0.6 is 34.8 Å². The van der Waals surface area contributed by atoms with E-state index in [-0.39, 0.29) is 0 Å². The summed E-state index contributed by atoms with van der Waals surface area (Å²) >= 11 is 17.9. The van der Waals surface area contributed by atoms with E-state index in [4.69, 9.17) is 34.8 Å². The van der Waals surface area contributed by atoms with Gasteiger partial charge in [-0.25, -0.2) is 0 Å². The fraction of sp³-hybridized carbons (Fsp3) is 0.154. The van der Waals surface area contributed by atoms with E-state index in [0.29, 0.717) is 15.9 Å². The molecule has 0 radical (unpaired) electrons. The molecule has 1 nitrogen and oxygen atoms in total. The maximum atomic E-state index is 6.17. The molecular weight excluding hydrogens is 277 g/mol. The first-order valence-electron chi connectivity index (χ1n) is 5.09. The average Bonchev–Trinajstić information content (AvgIpc) is 2.30. The van der Waals surface area contributed by atoms with Crippen molar-refractivity contribution < 1.29 is 0 Å². The quantitative estimate of drug-likeness (QED) is 0.700. The maximum Gasteiger partial charge on any atom is 0.0749 e. The van der Waals surface area contributed by atoms with Gasteiger partial charge in [0.05, 0.1) is 10.7 Å². The van der Waals surface area contributed by atoms with E-state index in [1.54, 1.807) is 18.3 Å². The van der Waals surface area contributed by atoms with Crippen LogP contribution in [-0.2, 0) is 5.88 Å². The Hall–Kier alpha value is -0.760. The van der Waals surface area contributed by atoms with Crippen LogP contribution in [0.2, 0.25) is 10.0 Å². The minimum atomic E-state index is 0.465. The minimum absolute atomic E-state index is 0.465. The van der Waals surface area contributed by atoms with Gasteiger partial charge in [-0.3, -0.25) is 4.98 Å². The Morgan fingerprint density at radius 3 is 2.59 bits per heavy atom. The number of aromatic nitrogens is 1. The summed E-state index contributed by atoms with van der Waals surface area (Å²) in [5.74, 6) is 0.465. The summed E-state index contributed by atoms with van der Waals surface area (Å²) in [6.07, 6.45) is 1.74. The lowest BCUT2D eigenvalue weighted by Gasteiger charge is -2.10. The van der Waals surface area contributed by atoms with Crippen molar-refractivity contribution in [3.8, 4) is 11.3 Å². The van der Waals surface area contributed by atoms with Crippen LogP contribution in [-0.4, -0.2) is 4.98 Å². The highest BCUT2D eigenvalue weighted by Gasteiger charge is 2.10. The van der Waals surface area contributed by atoms with Crippen molar-refractivity contribution in [2.75, 3.05) is 0 Å². The highest BCUT2D eigenvalue weighted by atomic mass is 35.5. The Bertz CT molecular complexity index is 552. The molecule has 1 aromatic heterocycles. The number of halogens is 3. The molecular formula is C13H10Cl3N. The SMILES string of the molecule is Cc1c(CCl)ccnc1-c1ccc(Cl)cc1Cl. The Morgan fingerprint density at radius 2 is 1.94 bits per heavy atom. The Kier molecular flexibility index (Phi) is 3.93. The molecule has 0 amide bonds. The van der Waals surface area contributed by atoms with E-state index in [1.165, 1.54) is 0 Å². The molecule has 1 heterocycles. The molecule has 4 heteroatoms. The molecule has 0 aliphatic rings. The maximum absolute atomic E-state index is 6.17. The second kappa shape index (κ2) is 5.26. The van der Waals surface area contributed by atoms with Gasteiger partial charge in [0, 0.05) is 22.7 Å². The molecule has 17 heavy (non-hydrogen) atoms. The number of hydrogen-bond acceptors (Lipinski definition) is 1. The Balaban J connectivity index is 2.60. The van der Waals surface area contributed by atoms with Crippen molar-refractivity contribution in [1.29, 1.82) is 0 Å². The molecule has 2 rings (SSSR count). The summed E-state index contributed by atoms with van der Waals surface area (Å²) in [7, 11) is 0. The van der Waals surface area contributed by atoms with Crippen molar-refractivity contribution in [2.45, 2.75) is 12.8 Å². The summed E-state index contributed by atoms with van der Waals surface area (Å²) in [6, 6.07) is 7.30.